The van der Waals surface area contributed by atoms with Crippen LogP contribution >= 0.6 is 11.3 Å². The summed E-state index contributed by atoms with van der Waals surface area (Å²) >= 11 is 1.57. The van der Waals surface area contributed by atoms with E-state index >= 15 is 0 Å². The number of benzene rings is 1. The number of carbonyl (C=O) groups is 1. The predicted molar refractivity (Wildman–Crippen MR) is 80.5 cm³/mol. The van der Waals surface area contributed by atoms with Crippen molar-refractivity contribution >= 4 is 17.2 Å². The van der Waals surface area contributed by atoms with Gasteiger partial charge >= 0.3 is 0 Å². The lowest BCUT2D eigenvalue weighted by molar-refractivity contribution is 0.0951. The summed E-state index contributed by atoms with van der Waals surface area (Å²) in [6, 6.07) is 11.1. The van der Waals surface area contributed by atoms with Crippen LogP contribution in [0.5, 0.6) is 0 Å². The standard InChI is InChI=1S/C16H15NO2S/c18-10-5-4-6-13-9-11-20-15(13)12-17-16(19)14-7-2-1-3-8-14/h1-3,7-9,11,18H,5,10,12H2,(H,17,19). The second-order valence-electron chi connectivity index (χ2n) is 4.08. The first kappa shape index (κ1) is 14.3. The van der Waals surface area contributed by atoms with E-state index in [1.165, 1.54) is 0 Å². The largest absolute Gasteiger partial charge is 0.395 e. The molecule has 0 fully saturated rings. The van der Waals surface area contributed by atoms with Crippen LogP contribution in [0.1, 0.15) is 27.2 Å². The third-order valence-electron chi connectivity index (χ3n) is 2.65. The topological polar surface area (TPSA) is 49.3 Å². The zero-order valence-corrected chi connectivity index (χ0v) is 11.7. The summed E-state index contributed by atoms with van der Waals surface area (Å²) in [5.74, 6) is 5.81. The Morgan fingerprint density at radius 2 is 2.05 bits per heavy atom. The fourth-order valence-electron chi connectivity index (χ4n) is 1.65. The summed E-state index contributed by atoms with van der Waals surface area (Å²) in [5, 5.41) is 13.5. The van der Waals surface area contributed by atoms with Crippen molar-refractivity contribution in [2.24, 2.45) is 0 Å². The molecule has 20 heavy (non-hydrogen) atoms. The van der Waals surface area contributed by atoms with Crippen LogP contribution in [0.15, 0.2) is 41.8 Å². The van der Waals surface area contributed by atoms with E-state index in [1.807, 2.05) is 29.6 Å². The molecule has 0 radical (unpaired) electrons. The quantitative estimate of drug-likeness (QED) is 0.848. The summed E-state index contributed by atoms with van der Waals surface area (Å²) in [6.45, 7) is 0.533. The molecule has 1 amide bonds. The highest BCUT2D eigenvalue weighted by atomic mass is 32.1. The number of amides is 1. The molecule has 2 rings (SSSR count). The highest BCUT2D eigenvalue weighted by molar-refractivity contribution is 7.10. The Morgan fingerprint density at radius 1 is 1.25 bits per heavy atom. The van der Waals surface area contributed by atoms with Crippen LogP contribution in [-0.2, 0) is 6.54 Å². The van der Waals surface area contributed by atoms with Gasteiger partial charge in [0.25, 0.3) is 5.91 Å². The molecule has 0 aliphatic heterocycles. The second-order valence-corrected chi connectivity index (χ2v) is 5.08. The maximum absolute atomic E-state index is 11.9. The molecule has 0 bridgehead atoms. The zero-order chi connectivity index (χ0) is 14.2. The number of hydrogen-bond donors (Lipinski definition) is 2. The van der Waals surface area contributed by atoms with Gasteiger partial charge < -0.3 is 10.4 Å². The summed E-state index contributed by atoms with van der Waals surface area (Å²) in [6.07, 6.45) is 0.464. The molecule has 4 heteroatoms. The van der Waals surface area contributed by atoms with E-state index in [-0.39, 0.29) is 12.5 Å². The van der Waals surface area contributed by atoms with E-state index in [4.69, 9.17) is 5.11 Å². The van der Waals surface area contributed by atoms with E-state index in [2.05, 4.69) is 17.2 Å². The Hall–Kier alpha value is -2.09. The maximum atomic E-state index is 11.9. The average molecular weight is 285 g/mol. The van der Waals surface area contributed by atoms with Crippen LogP contribution in [0.25, 0.3) is 0 Å². The molecular weight excluding hydrogens is 270 g/mol. The molecular formula is C16H15NO2S. The van der Waals surface area contributed by atoms with Gasteiger partial charge in [-0.3, -0.25) is 4.79 Å². The van der Waals surface area contributed by atoms with Gasteiger partial charge in [-0.25, -0.2) is 0 Å². The molecule has 1 aromatic heterocycles. The fraction of sp³-hybridized carbons (Fsp3) is 0.188. The van der Waals surface area contributed by atoms with Crippen molar-refractivity contribution in [2.45, 2.75) is 13.0 Å². The molecule has 0 saturated heterocycles. The first-order valence-electron chi connectivity index (χ1n) is 6.30. The molecule has 0 unspecified atom stereocenters. The lowest BCUT2D eigenvalue weighted by Crippen LogP contribution is -2.22. The van der Waals surface area contributed by atoms with Crippen molar-refractivity contribution in [2.75, 3.05) is 6.61 Å². The first-order valence-corrected chi connectivity index (χ1v) is 7.18. The van der Waals surface area contributed by atoms with Gasteiger partial charge in [0.2, 0.25) is 0 Å². The molecule has 2 N–H and O–H groups in total. The van der Waals surface area contributed by atoms with Gasteiger partial charge in [0.1, 0.15) is 0 Å². The van der Waals surface area contributed by atoms with Crippen molar-refractivity contribution in [1.82, 2.24) is 5.32 Å². The number of nitrogens with one attached hydrogen (secondary N) is 1. The van der Waals surface area contributed by atoms with Gasteiger partial charge in [0, 0.05) is 22.4 Å². The average Bonchev–Trinajstić information content (AvgIpc) is 2.93. The van der Waals surface area contributed by atoms with E-state index in [1.54, 1.807) is 23.5 Å². The van der Waals surface area contributed by atoms with Crippen LogP contribution in [0.4, 0.5) is 0 Å². The van der Waals surface area contributed by atoms with E-state index < -0.39 is 0 Å². The summed E-state index contributed by atoms with van der Waals surface area (Å²) < 4.78 is 0. The molecule has 0 spiro atoms. The second kappa shape index (κ2) is 7.49. The molecule has 0 aliphatic carbocycles. The Bertz CT molecular complexity index is 623. The number of hydrogen-bond acceptors (Lipinski definition) is 3. The maximum Gasteiger partial charge on any atom is 0.251 e. The predicted octanol–water partition coefficient (Wildman–Crippen LogP) is 2.41. The minimum Gasteiger partial charge on any atom is -0.395 e. The normalized spacial score (nSPS) is 9.65. The minimum absolute atomic E-state index is 0.0667. The number of thiophene rings is 1. The van der Waals surface area contributed by atoms with Crippen LogP contribution in [-0.4, -0.2) is 17.6 Å². The molecule has 2 aromatic rings. The summed E-state index contributed by atoms with van der Waals surface area (Å²) in [5.41, 5.74) is 1.56. The van der Waals surface area contributed by atoms with Crippen LogP contribution in [0, 0.1) is 11.8 Å². The zero-order valence-electron chi connectivity index (χ0n) is 10.9. The van der Waals surface area contributed by atoms with E-state index in [0.717, 1.165) is 10.4 Å². The monoisotopic (exact) mass is 285 g/mol. The lowest BCUT2D eigenvalue weighted by Gasteiger charge is -2.04. The van der Waals surface area contributed by atoms with Crippen LogP contribution in [0.3, 0.4) is 0 Å². The van der Waals surface area contributed by atoms with Gasteiger partial charge in [0.05, 0.1) is 13.2 Å². The Kier molecular flexibility index (Phi) is 5.36. The van der Waals surface area contributed by atoms with Gasteiger partial charge in [-0.2, -0.15) is 0 Å². The summed E-state index contributed by atoms with van der Waals surface area (Å²) in [4.78, 5) is 13.0. The van der Waals surface area contributed by atoms with Crippen LogP contribution < -0.4 is 5.32 Å². The number of rotatable bonds is 4. The third-order valence-corrected chi connectivity index (χ3v) is 3.57. The number of carbonyl (C=O) groups excluding carboxylic acids is 1. The number of aliphatic hydroxyl groups excluding tert-OH is 1. The smallest absolute Gasteiger partial charge is 0.251 e. The van der Waals surface area contributed by atoms with E-state index in [0.29, 0.717) is 18.5 Å². The fourth-order valence-corrected chi connectivity index (χ4v) is 2.42. The molecule has 3 nitrogen and oxygen atoms in total. The lowest BCUT2D eigenvalue weighted by atomic mass is 10.2. The Balaban J connectivity index is 1.97. The molecule has 0 atom stereocenters. The third kappa shape index (κ3) is 3.95. The van der Waals surface area contributed by atoms with Crippen molar-refractivity contribution in [3.8, 4) is 11.8 Å². The van der Waals surface area contributed by atoms with Crippen molar-refractivity contribution < 1.29 is 9.90 Å². The Labute approximate surface area is 122 Å². The Morgan fingerprint density at radius 3 is 2.80 bits per heavy atom. The molecule has 1 aromatic carbocycles. The van der Waals surface area contributed by atoms with Gasteiger partial charge in [0.15, 0.2) is 0 Å². The van der Waals surface area contributed by atoms with Gasteiger partial charge in [-0.05, 0) is 23.6 Å². The molecule has 102 valence electrons. The van der Waals surface area contributed by atoms with E-state index in [9.17, 15) is 4.79 Å². The van der Waals surface area contributed by atoms with Gasteiger partial charge in [-0.1, -0.05) is 30.0 Å². The van der Waals surface area contributed by atoms with Crippen molar-refractivity contribution in [1.29, 1.82) is 0 Å². The molecule has 0 saturated carbocycles. The summed E-state index contributed by atoms with van der Waals surface area (Å²) in [7, 11) is 0. The minimum atomic E-state index is -0.0896. The highest BCUT2D eigenvalue weighted by Gasteiger charge is 2.06. The van der Waals surface area contributed by atoms with Crippen molar-refractivity contribution in [3.05, 3.63) is 57.8 Å². The van der Waals surface area contributed by atoms with Crippen molar-refractivity contribution in [3.63, 3.8) is 0 Å². The molecule has 1 heterocycles. The number of aliphatic hydroxyl groups is 1. The first-order chi connectivity index (χ1) is 9.81. The highest BCUT2D eigenvalue weighted by Crippen LogP contribution is 2.15. The SMILES string of the molecule is O=C(NCc1sccc1C#CCCO)c1ccccc1. The van der Waals surface area contributed by atoms with Gasteiger partial charge in [-0.15, -0.1) is 11.3 Å². The molecule has 0 aliphatic rings. The van der Waals surface area contributed by atoms with Crippen LogP contribution in [0.2, 0.25) is 0 Å².